The van der Waals surface area contributed by atoms with E-state index in [2.05, 4.69) is 20.6 Å². The lowest BCUT2D eigenvalue weighted by Crippen LogP contribution is -1.99. The first-order chi connectivity index (χ1) is 11.7. The Labute approximate surface area is 145 Å². The Bertz CT molecular complexity index is 854. The van der Waals surface area contributed by atoms with Gasteiger partial charge in [-0.25, -0.2) is 9.97 Å². The van der Waals surface area contributed by atoms with E-state index in [1.165, 1.54) is 6.33 Å². The largest absolute Gasteiger partial charge is 0.497 e. The Morgan fingerprint density at radius 3 is 2.50 bits per heavy atom. The minimum Gasteiger partial charge on any atom is -0.497 e. The van der Waals surface area contributed by atoms with Gasteiger partial charge in [-0.2, -0.15) is 0 Å². The van der Waals surface area contributed by atoms with Crippen LogP contribution in [0, 0.1) is 6.92 Å². The molecule has 0 spiro atoms. The van der Waals surface area contributed by atoms with Gasteiger partial charge in [0.1, 0.15) is 23.7 Å². The number of hydrogen-bond acceptors (Lipinski definition) is 5. The molecule has 6 heteroatoms. The average molecular weight is 341 g/mol. The van der Waals surface area contributed by atoms with E-state index in [4.69, 9.17) is 16.3 Å². The smallest absolute Gasteiger partial charge is 0.135 e. The predicted octanol–water partition coefficient (Wildman–Crippen LogP) is 4.93. The summed E-state index contributed by atoms with van der Waals surface area (Å²) in [5.74, 6) is 2.14. The predicted molar refractivity (Wildman–Crippen MR) is 97.8 cm³/mol. The maximum absolute atomic E-state index is 6.15. The minimum atomic E-state index is 0.681. The van der Waals surface area contributed by atoms with Gasteiger partial charge in [-0.05, 0) is 36.8 Å². The summed E-state index contributed by atoms with van der Waals surface area (Å²) in [6.45, 7) is 1.96. The molecule has 0 aliphatic rings. The number of benzene rings is 2. The third kappa shape index (κ3) is 3.75. The average Bonchev–Trinajstić information content (AvgIpc) is 2.59. The number of rotatable bonds is 5. The molecule has 0 aliphatic carbocycles. The van der Waals surface area contributed by atoms with Gasteiger partial charge in [-0.1, -0.05) is 23.7 Å². The van der Waals surface area contributed by atoms with Crippen LogP contribution in [-0.4, -0.2) is 17.1 Å². The Kier molecular flexibility index (Phi) is 4.82. The zero-order chi connectivity index (χ0) is 16.9. The minimum absolute atomic E-state index is 0.681. The van der Waals surface area contributed by atoms with Crippen LogP contribution in [0.1, 0.15) is 5.56 Å². The molecular formula is C18H17ClN4O. The van der Waals surface area contributed by atoms with Crippen LogP contribution in [0.2, 0.25) is 5.02 Å². The fourth-order valence-corrected chi connectivity index (χ4v) is 2.40. The van der Waals surface area contributed by atoms with Crippen molar-refractivity contribution >= 4 is 34.6 Å². The van der Waals surface area contributed by atoms with E-state index >= 15 is 0 Å². The first-order valence-corrected chi connectivity index (χ1v) is 7.79. The van der Waals surface area contributed by atoms with Crippen molar-refractivity contribution in [1.82, 2.24) is 9.97 Å². The van der Waals surface area contributed by atoms with E-state index < -0.39 is 0 Å². The SMILES string of the molecule is COc1cccc(Nc2cc(Nc3cccc(Cl)c3C)ncn2)c1. The van der Waals surface area contributed by atoms with Crippen LogP contribution in [0.3, 0.4) is 0 Å². The van der Waals surface area contributed by atoms with Gasteiger partial charge >= 0.3 is 0 Å². The quantitative estimate of drug-likeness (QED) is 0.689. The van der Waals surface area contributed by atoms with Crippen LogP contribution in [-0.2, 0) is 0 Å². The maximum atomic E-state index is 6.15. The van der Waals surface area contributed by atoms with Gasteiger partial charge in [0.15, 0.2) is 0 Å². The first-order valence-electron chi connectivity index (χ1n) is 7.41. The molecule has 0 amide bonds. The normalized spacial score (nSPS) is 10.3. The lowest BCUT2D eigenvalue weighted by molar-refractivity contribution is 0.415. The highest BCUT2D eigenvalue weighted by atomic mass is 35.5. The van der Waals surface area contributed by atoms with E-state index in [1.54, 1.807) is 7.11 Å². The molecule has 0 saturated carbocycles. The van der Waals surface area contributed by atoms with Gasteiger partial charge in [0.2, 0.25) is 0 Å². The van der Waals surface area contributed by atoms with Gasteiger partial charge in [-0.3, -0.25) is 0 Å². The highest BCUT2D eigenvalue weighted by Crippen LogP contribution is 2.26. The Morgan fingerprint density at radius 1 is 0.958 bits per heavy atom. The third-order valence-corrected chi connectivity index (χ3v) is 3.95. The molecular weight excluding hydrogens is 324 g/mol. The summed E-state index contributed by atoms with van der Waals surface area (Å²) >= 11 is 6.15. The van der Waals surface area contributed by atoms with Crippen molar-refractivity contribution in [1.29, 1.82) is 0 Å². The van der Waals surface area contributed by atoms with Crippen molar-refractivity contribution in [3.63, 3.8) is 0 Å². The summed E-state index contributed by atoms with van der Waals surface area (Å²) in [5.41, 5.74) is 2.77. The van der Waals surface area contributed by atoms with Crippen molar-refractivity contribution in [2.75, 3.05) is 17.7 Å². The van der Waals surface area contributed by atoms with Crippen LogP contribution in [0.15, 0.2) is 54.9 Å². The lowest BCUT2D eigenvalue weighted by Gasteiger charge is -2.11. The Morgan fingerprint density at radius 2 is 1.71 bits per heavy atom. The van der Waals surface area contributed by atoms with Gasteiger partial charge in [0.05, 0.1) is 7.11 Å². The Hall–Kier alpha value is -2.79. The number of halogens is 1. The topological polar surface area (TPSA) is 59.1 Å². The summed E-state index contributed by atoms with van der Waals surface area (Å²) in [6, 6.07) is 15.2. The second-order valence-corrected chi connectivity index (χ2v) is 5.59. The molecule has 3 aromatic rings. The van der Waals surface area contributed by atoms with E-state index in [9.17, 15) is 0 Å². The lowest BCUT2D eigenvalue weighted by atomic mass is 10.2. The molecule has 0 atom stereocenters. The standard InChI is InChI=1S/C18H17ClN4O/c1-12-15(19)7-4-8-16(12)23-18-10-17(20-11-21-18)22-13-5-3-6-14(9-13)24-2/h3-11H,1-2H3,(H2,20,21,22,23). The first kappa shape index (κ1) is 16.1. The van der Waals surface area contributed by atoms with Crippen molar-refractivity contribution in [2.24, 2.45) is 0 Å². The van der Waals surface area contributed by atoms with E-state index in [1.807, 2.05) is 55.5 Å². The third-order valence-electron chi connectivity index (χ3n) is 3.54. The highest BCUT2D eigenvalue weighted by molar-refractivity contribution is 6.31. The van der Waals surface area contributed by atoms with Crippen LogP contribution in [0.25, 0.3) is 0 Å². The van der Waals surface area contributed by atoms with Crippen molar-refractivity contribution < 1.29 is 4.74 Å². The zero-order valence-corrected chi connectivity index (χ0v) is 14.1. The fraction of sp³-hybridized carbons (Fsp3) is 0.111. The fourth-order valence-electron chi connectivity index (χ4n) is 2.22. The number of aromatic nitrogens is 2. The number of nitrogens with one attached hydrogen (secondary N) is 2. The van der Waals surface area contributed by atoms with Gasteiger partial charge in [-0.15, -0.1) is 0 Å². The molecule has 2 aromatic carbocycles. The van der Waals surface area contributed by atoms with Crippen molar-refractivity contribution in [2.45, 2.75) is 6.92 Å². The molecule has 1 aromatic heterocycles. The number of methoxy groups -OCH3 is 1. The molecule has 0 radical (unpaired) electrons. The molecule has 122 valence electrons. The van der Waals surface area contributed by atoms with Crippen LogP contribution in [0.4, 0.5) is 23.0 Å². The second kappa shape index (κ2) is 7.19. The molecule has 0 aliphatic heterocycles. The summed E-state index contributed by atoms with van der Waals surface area (Å²) in [4.78, 5) is 8.49. The molecule has 3 rings (SSSR count). The molecule has 0 fully saturated rings. The molecule has 1 heterocycles. The highest BCUT2D eigenvalue weighted by Gasteiger charge is 2.05. The summed E-state index contributed by atoms with van der Waals surface area (Å²) < 4.78 is 5.22. The molecule has 5 nitrogen and oxygen atoms in total. The molecule has 24 heavy (non-hydrogen) atoms. The number of hydrogen-bond donors (Lipinski definition) is 2. The van der Waals surface area contributed by atoms with Crippen LogP contribution >= 0.6 is 11.6 Å². The van der Waals surface area contributed by atoms with Crippen LogP contribution < -0.4 is 15.4 Å². The molecule has 0 unspecified atom stereocenters. The van der Waals surface area contributed by atoms with Crippen molar-refractivity contribution in [3.8, 4) is 5.75 Å². The number of ether oxygens (including phenoxy) is 1. The van der Waals surface area contributed by atoms with Gasteiger partial charge in [0.25, 0.3) is 0 Å². The zero-order valence-electron chi connectivity index (χ0n) is 13.4. The van der Waals surface area contributed by atoms with Crippen LogP contribution in [0.5, 0.6) is 5.75 Å². The van der Waals surface area contributed by atoms with E-state index in [0.717, 1.165) is 22.7 Å². The summed E-state index contributed by atoms with van der Waals surface area (Å²) in [5, 5.41) is 7.21. The Balaban J connectivity index is 1.80. The van der Waals surface area contributed by atoms with Crippen molar-refractivity contribution in [3.05, 3.63) is 65.4 Å². The van der Waals surface area contributed by atoms with E-state index in [0.29, 0.717) is 16.7 Å². The molecule has 2 N–H and O–H groups in total. The van der Waals surface area contributed by atoms with Gasteiger partial charge < -0.3 is 15.4 Å². The number of anilines is 4. The maximum Gasteiger partial charge on any atom is 0.135 e. The summed E-state index contributed by atoms with van der Waals surface area (Å²) in [6.07, 6.45) is 1.50. The molecule has 0 saturated heterocycles. The van der Waals surface area contributed by atoms with E-state index in [-0.39, 0.29) is 0 Å². The summed E-state index contributed by atoms with van der Waals surface area (Å²) in [7, 11) is 1.64. The molecule has 0 bridgehead atoms. The number of nitrogens with zero attached hydrogens (tertiary/aromatic N) is 2. The monoisotopic (exact) mass is 340 g/mol. The van der Waals surface area contributed by atoms with Gasteiger partial charge in [0, 0.05) is 28.5 Å². The second-order valence-electron chi connectivity index (χ2n) is 5.18.